The van der Waals surface area contributed by atoms with Crippen molar-refractivity contribution in [3.63, 3.8) is 0 Å². The number of pyridine rings is 1. The predicted molar refractivity (Wildman–Crippen MR) is 96.2 cm³/mol. The molecule has 3 aromatic heterocycles. The van der Waals surface area contributed by atoms with Crippen molar-refractivity contribution in [1.29, 1.82) is 0 Å². The Hall–Kier alpha value is -3.27. The third kappa shape index (κ3) is 1.68. The van der Waals surface area contributed by atoms with Gasteiger partial charge in [0.05, 0.1) is 18.3 Å². The Morgan fingerprint density at radius 1 is 0.920 bits per heavy atom. The summed E-state index contributed by atoms with van der Waals surface area (Å²) in [6, 6.07) is 16.6. The van der Waals surface area contributed by atoms with Crippen molar-refractivity contribution in [3.8, 4) is 11.3 Å². The SMILES string of the molecule is c1cnc2c(c1)ncc1[n+]2CCc2ccc3c(oc4ccccc43)c2-1. The number of hydrogen-bond acceptors (Lipinski definition) is 3. The highest BCUT2D eigenvalue weighted by molar-refractivity contribution is 6.09. The molecule has 4 nitrogen and oxygen atoms in total. The molecule has 4 heteroatoms. The van der Waals surface area contributed by atoms with Crippen molar-refractivity contribution in [2.75, 3.05) is 0 Å². The number of aryl methyl sites for hydroxylation is 2. The molecule has 0 aliphatic carbocycles. The van der Waals surface area contributed by atoms with Gasteiger partial charge in [-0.1, -0.05) is 30.3 Å². The first kappa shape index (κ1) is 13.1. The fourth-order valence-corrected chi connectivity index (χ4v) is 3.99. The highest BCUT2D eigenvalue weighted by atomic mass is 16.3. The van der Waals surface area contributed by atoms with E-state index in [-0.39, 0.29) is 0 Å². The lowest BCUT2D eigenvalue weighted by Gasteiger charge is -2.17. The van der Waals surface area contributed by atoms with Gasteiger partial charge in [0, 0.05) is 17.2 Å². The number of aromatic nitrogens is 3. The van der Waals surface area contributed by atoms with Crippen LogP contribution in [0, 0.1) is 0 Å². The van der Waals surface area contributed by atoms with E-state index in [1.54, 1.807) is 0 Å². The summed E-state index contributed by atoms with van der Waals surface area (Å²) in [6.07, 6.45) is 4.75. The second kappa shape index (κ2) is 4.63. The molecule has 2 aromatic carbocycles. The average Bonchev–Trinajstić information content (AvgIpc) is 3.06. The number of nitrogens with zero attached hydrogens (tertiary/aromatic N) is 3. The van der Waals surface area contributed by atoms with E-state index in [9.17, 15) is 0 Å². The van der Waals surface area contributed by atoms with Gasteiger partial charge in [-0.05, 0) is 28.7 Å². The van der Waals surface area contributed by atoms with E-state index in [0.717, 1.165) is 57.3 Å². The van der Waals surface area contributed by atoms with Gasteiger partial charge in [0.2, 0.25) is 0 Å². The summed E-state index contributed by atoms with van der Waals surface area (Å²) < 4.78 is 8.52. The van der Waals surface area contributed by atoms with Gasteiger partial charge in [-0.2, -0.15) is 0 Å². The molecule has 0 saturated carbocycles. The first-order chi connectivity index (χ1) is 12.4. The fraction of sp³-hybridized carbons (Fsp3) is 0.0952. The van der Waals surface area contributed by atoms with Crippen molar-refractivity contribution in [3.05, 3.63) is 66.5 Å². The number of benzene rings is 2. The lowest BCUT2D eigenvalue weighted by atomic mass is 9.95. The average molecular weight is 324 g/mol. The largest absolute Gasteiger partial charge is 0.455 e. The van der Waals surface area contributed by atoms with Gasteiger partial charge in [-0.25, -0.2) is 9.55 Å². The van der Waals surface area contributed by atoms with Gasteiger partial charge in [0.25, 0.3) is 0 Å². The van der Waals surface area contributed by atoms with E-state index in [4.69, 9.17) is 4.42 Å². The minimum Gasteiger partial charge on any atom is -0.455 e. The Morgan fingerprint density at radius 3 is 2.88 bits per heavy atom. The second-order valence-electron chi connectivity index (χ2n) is 6.47. The van der Waals surface area contributed by atoms with Crippen molar-refractivity contribution in [1.82, 2.24) is 9.97 Å². The van der Waals surface area contributed by atoms with Crippen LogP contribution in [0.25, 0.3) is 44.4 Å². The van der Waals surface area contributed by atoms with Crippen LogP contribution in [0.1, 0.15) is 5.56 Å². The third-order valence-corrected chi connectivity index (χ3v) is 5.13. The molecule has 5 aromatic rings. The highest BCUT2D eigenvalue weighted by Crippen LogP contribution is 2.38. The first-order valence-electron chi connectivity index (χ1n) is 8.47. The van der Waals surface area contributed by atoms with E-state index in [2.05, 4.69) is 38.8 Å². The molecule has 0 spiro atoms. The molecule has 6 rings (SSSR count). The van der Waals surface area contributed by atoms with Crippen LogP contribution in [-0.4, -0.2) is 9.97 Å². The fourth-order valence-electron chi connectivity index (χ4n) is 3.99. The molecule has 1 aliphatic rings. The van der Waals surface area contributed by atoms with E-state index in [1.807, 2.05) is 36.7 Å². The minimum atomic E-state index is 0.907. The standard InChI is InChI=1S/C21H14N3O/c1-2-6-18-14(4-1)15-8-7-13-9-11-24-17(19(13)20(15)25-18)12-23-16-5-3-10-22-21(16)24/h1-8,10,12H,9,11H2/q+1. The van der Waals surface area contributed by atoms with Gasteiger partial charge in [-0.3, -0.25) is 0 Å². The lowest BCUT2D eigenvalue weighted by molar-refractivity contribution is -0.664. The highest BCUT2D eigenvalue weighted by Gasteiger charge is 2.27. The summed E-state index contributed by atoms with van der Waals surface area (Å²) >= 11 is 0. The zero-order chi connectivity index (χ0) is 16.4. The maximum atomic E-state index is 6.26. The molecule has 0 bridgehead atoms. The molecule has 0 fully saturated rings. The molecular weight excluding hydrogens is 310 g/mol. The van der Waals surface area contributed by atoms with Gasteiger partial charge < -0.3 is 4.42 Å². The minimum absolute atomic E-state index is 0.907. The van der Waals surface area contributed by atoms with Crippen molar-refractivity contribution in [2.45, 2.75) is 13.0 Å². The molecule has 0 saturated heterocycles. The summed E-state index contributed by atoms with van der Waals surface area (Å²) in [5.74, 6) is 0. The topological polar surface area (TPSA) is 42.8 Å². The van der Waals surface area contributed by atoms with E-state index in [1.165, 1.54) is 5.56 Å². The van der Waals surface area contributed by atoms with Crippen LogP contribution in [0.3, 0.4) is 0 Å². The molecule has 25 heavy (non-hydrogen) atoms. The quantitative estimate of drug-likeness (QED) is 0.404. The van der Waals surface area contributed by atoms with Crippen LogP contribution in [-0.2, 0) is 13.0 Å². The lowest BCUT2D eigenvalue weighted by Crippen LogP contribution is -2.42. The van der Waals surface area contributed by atoms with Crippen LogP contribution in [0.4, 0.5) is 0 Å². The number of fused-ring (bicyclic) bond motifs is 9. The monoisotopic (exact) mass is 324 g/mol. The predicted octanol–water partition coefficient (Wildman–Crippen LogP) is 4.04. The van der Waals surface area contributed by atoms with Crippen molar-refractivity contribution in [2.24, 2.45) is 0 Å². The Labute approximate surface area is 143 Å². The maximum absolute atomic E-state index is 6.26. The Balaban J connectivity index is 1.78. The Kier molecular flexibility index (Phi) is 2.42. The van der Waals surface area contributed by atoms with E-state index >= 15 is 0 Å². The maximum Gasteiger partial charge on any atom is 0.349 e. The molecule has 1 aliphatic heterocycles. The summed E-state index contributed by atoms with van der Waals surface area (Å²) in [7, 11) is 0. The molecule has 0 radical (unpaired) electrons. The van der Waals surface area contributed by atoms with Crippen LogP contribution in [0.5, 0.6) is 0 Å². The number of hydrogen-bond donors (Lipinski definition) is 0. The van der Waals surface area contributed by atoms with Crippen LogP contribution >= 0.6 is 0 Å². The molecule has 0 unspecified atom stereocenters. The van der Waals surface area contributed by atoms with E-state index < -0.39 is 0 Å². The molecule has 0 atom stereocenters. The molecule has 4 heterocycles. The second-order valence-corrected chi connectivity index (χ2v) is 6.47. The third-order valence-electron chi connectivity index (χ3n) is 5.13. The van der Waals surface area contributed by atoms with Crippen LogP contribution < -0.4 is 4.57 Å². The van der Waals surface area contributed by atoms with Crippen LogP contribution in [0.15, 0.2) is 65.3 Å². The van der Waals surface area contributed by atoms with Gasteiger partial charge in [-0.15, -0.1) is 0 Å². The smallest absolute Gasteiger partial charge is 0.349 e. The normalized spacial score (nSPS) is 13.3. The molecule has 0 N–H and O–H groups in total. The number of rotatable bonds is 0. The van der Waals surface area contributed by atoms with Gasteiger partial charge in [0.15, 0.2) is 11.2 Å². The van der Waals surface area contributed by atoms with Gasteiger partial charge >= 0.3 is 5.65 Å². The number of para-hydroxylation sites is 1. The van der Waals surface area contributed by atoms with E-state index in [0.29, 0.717) is 0 Å². The zero-order valence-corrected chi connectivity index (χ0v) is 13.4. The Bertz CT molecular complexity index is 1300. The first-order valence-corrected chi connectivity index (χ1v) is 8.47. The summed E-state index contributed by atoms with van der Waals surface area (Å²) in [5, 5.41) is 2.31. The van der Waals surface area contributed by atoms with Crippen molar-refractivity contribution >= 4 is 33.1 Å². The zero-order valence-electron chi connectivity index (χ0n) is 13.4. The molecule has 0 amide bonds. The molecular formula is C21H14N3O+. The molecule has 118 valence electrons. The van der Waals surface area contributed by atoms with Gasteiger partial charge in [0.1, 0.15) is 17.4 Å². The Morgan fingerprint density at radius 2 is 1.88 bits per heavy atom. The van der Waals surface area contributed by atoms with Crippen molar-refractivity contribution < 1.29 is 8.98 Å². The summed E-state index contributed by atoms with van der Waals surface area (Å²) in [6.45, 7) is 0.907. The number of furan rings is 1. The van der Waals surface area contributed by atoms with Crippen LogP contribution in [0.2, 0.25) is 0 Å². The summed E-state index contributed by atoms with van der Waals surface area (Å²) in [4.78, 5) is 9.19. The summed E-state index contributed by atoms with van der Waals surface area (Å²) in [5.41, 5.74) is 7.27.